The molecular weight excluding hydrogens is 282 g/mol. The van der Waals surface area contributed by atoms with E-state index in [1.165, 1.54) is 0 Å². The molecule has 0 aliphatic rings. The van der Waals surface area contributed by atoms with Gasteiger partial charge in [0.25, 0.3) is 0 Å². The van der Waals surface area contributed by atoms with Crippen molar-refractivity contribution in [1.82, 2.24) is 19.4 Å². The second-order valence-corrected chi connectivity index (χ2v) is 5.41. The Morgan fingerprint density at radius 1 is 0.952 bits per heavy atom. The Kier molecular flexibility index (Phi) is 2.68. The highest BCUT2D eigenvalue weighted by Gasteiger charge is 2.08. The van der Waals surface area contributed by atoms with E-state index in [0.717, 1.165) is 28.2 Å². The Morgan fingerprint density at radius 3 is 2.67 bits per heavy atom. The van der Waals surface area contributed by atoms with Crippen molar-refractivity contribution < 1.29 is 0 Å². The van der Waals surface area contributed by atoms with Crippen molar-refractivity contribution in [3.05, 3.63) is 53.7 Å². The molecule has 6 heteroatoms. The Hall–Kier alpha value is -2.73. The summed E-state index contributed by atoms with van der Waals surface area (Å²) < 4.78 is 2.04. The first-order chi connectivity index (χ1) is 10.3. The molecule has 0 saturated heterocycles. The van der Waals surface area contributed by atoms with Gasteiger partial charge >= 0.3 is 0 Å². The topological polar surface area (TPSA) is 69.1 Å². The summed E-state index contributed by atoms with van der Waals surface area (Å²) in [5, 5.41) is 4.16. The zero-order chi connectivity index (χ0) is 14.2. The van der Waals surface area contributed by atoms with E-state index in [0.29, 0.717) is 5.82 Å². The van der Waals surface area contributed by atoms with Crippen LogP contribution < -0.4 is 5.73 Å². The summed E-state index contributed by atoms with van der Waals surface area (Å²) in [5.74, 6) is 0.501. The van der Waals surface area contributed by atoms with Crippen molar-refractivity contribution in [2.45, 2.75) is 0 Å². The minimum atomic E-state index is 0.501. The van der Waals surface area contributed by atoms with Crippen LogP contribution in [0.15, 0.2) is 53.7 Å². The van der Waals surface area contributed by atoms with Gasteiger partial charge in [-0.15, -0.1) is 0 Å². The predicted octanol–water partition coefficient (Wildman–Crippen LogP) is 3.10. The molecule has 0 saturated carbocycles. The molecule has 0 amide bonds. The van der Waals surface area contributed by atoms with E-state index < -0.39 is 0 Å². The van der Waals surface area contributed by atoms with Crippen LogP contribution in [0.1, 0.15) is 0 Å². The van der Waals surface area contributed by atoms with E-state index >= 15 is 0 Å². The van der Waals surface area contributed by atoms with Crippen LogP contribution in [-0.2, 0) is 0 Å². The number of hydrogen-bond acceptors (Lipinski definition) is 5. The third kappa shape index (κ3) is 2.05. The van der Waals surface area contributed by atoms with Gasteiger partial charge in [0.05, 0.1) is 23.8 Å². The molecule has 0 aliphatic carbocycles. The van der Waals surface area contributed by atoms with Crippen molar-refractivity contribution in [2.24, 2.45) is 0 Å². The van der Waals surface area contributed by atoms with Crippen LogP contribution >= 0.6 is 11.3 Å². The molecular formula is C15H11N5S. The van der Waals surface area contributed by atoms with Crippen molar-refractivity contribution in [3.8, 4) is 22.5 Å². The molecule has 0 fully saturated rings. The number of imidazole rings is 1. The fraction of sp³-hybridized carbons (Fsp3) is 0. The number of fused-ring (bicyclic) bond motifs is 1. The summed E-state index contributed by atoms with van der Waals surface area (Å²) in [6.45, 7) is 0. The molecule has 0 aliphatic heterocycles. The van der Waals surface area contributed by atoms with Crippen LogP contribution in [0.3, 0.4) is 0 Å². The summed E-state index contributed by atoms with van der Waals surface area (Å²) in [5.41, 5.74) is 10.4. The Balaban J connectivity index is 1.89. The third-order valence-electron chi connectivity index (χ3n) is 3.30. The predicted molar refractivity (Wildman–Crippen MR) is 83.9 cm³/mol. The minimum absolute atomic E-state index is 0.501. The highest BCUT2D eigenvalue weighted by molar-refractivity contribution is 7.08. The molecule has 2 N–H and O–H groups in total. The van der Waals surface area contributed by atoms with Gasteiger partial charge in [0.2, 0.25) is 0 Å². The average Bonchev–Trinajstić information content (AvgIpc) is 3.16. The molecule has 4 aromatic rings. The summed E-state index contributed by atoms with van der Waals surface area (Å²) in [6.07, 6.45) is 7.33. The number of rotatable bonds is 2. The Bertz CT molecular complexity index is 894. The van der Waals surface area contributed by atoms with Crippen LogP contribution in [0.5, 0.6) is 0 Å². The fourth-order valence-corrected chi connectivity index (χ4v) is 2.87. The normalized spacial score (nSPS) is 11.0. The first-order valence-electron chi connectivity index (χ1n) is 6.39. The van der Waals surface area contributed by atoms with Gasteiger partial charge < -0.3 is 5.73 Å². The van der Waals surface area contributed by atoms with Gasteiger partial charge in [0, 0.05) is 28.9 Å². The second-order valence-electron chi connectivity index (χ2n) is 4.63. The minimum Gasteiger partial charge on any atom is -0.384 e. The quantitative estimate of drug-likeness (QED) is 0.616. The molecule has 4 rings (SSSR count). The zero-order valence-electron chi connectivity index (χ0n) is 11.0. The average molecular weight is 293 g/mol. The summed E-state index contributed by atoms with van der Waals surface area (Å²) in [6, 6.07) is 5.77. The summed E-state index contributed by atoms with van der Waals surface area (Å²) in [7, 11) is 0. The van der Waals surface area contributed by atoms with E-state index in [-0.39, 0.29) is 0 Å². The van der Waals surface area contributed by atoms with Crippen LogP contribution in [0.4, 0.5) is 5.82 Å². The Morgan fingerprint density at radius 2 is 1.90 bits per heavy atom. The second kappa shape index (κ2) is 4.68. The van der Waals surface area contributed by atoms with Crippen molar-refractivity contribution in [3.63, 3.8) is 0 Å². The monoisotopic (exact) mass is 293 g/mol. The van der Waals surface area contributed by atoms with Crippen molar-refractivity contribution in [2.75, 3.05) is 5.73 Å². The summed E-state index contributed by atoms with van der Waals surface area (Å²) >= 11 is 1.67. The van der Waals surface area contributed by atoms with Gasteiger partial charge in [-0.2, -0.15) is 11.3 Å². The standard InChI is InChI=1S/C15H11N5S/c16-14-2-1-10(5-18-14)12-8-20-13(11-3-4-21-9-11)6-19-15(20)7-17-12/h1-9H,(H2,16,18). The number of pyridine rings is 1. The van der Waals surface area contributed by atoms with Crippen LogP contribution in [0, 0.1) is 0 Å². The first kappa shape index (κ1) is 12.0. The van der Waals surface area contributed by atoms with Gasteiger partial charge in [0.1, 0.15) is 5.82 Å². The molecule has 5 nitrogen and oxygen atoms in total. The lowest BCUT2D eigenvalue weighted by Gasteiger charge is -2.04. The fourth-order valence-electron chi connectivity index (χ4n) is 2.22. The van der Waals surface area contributed by atoms with Gasteiger partial charge in [-0.25, -0.2) is 9.97 Å². The lowest BCUT2D eigenvalue weighted by atomic mass is 10.2. The number of hydrogen-bond donors (Lipinski definition) is 1. The molecule has 0 atom stereocenters. The van der Waals surface area contributed by atoms with Crippen molar-refractivity contribution >= 4 is 22.8 Å². The molecule has 21 heavy (non-hydrogen) atoms. The molecule has 0 bridgehead atoms. The molecule has 102 valence electrons. The molecule has 4 heterocycles. The van der Waals surface area contributed by atoms with Gasteiger partial charge in [-0.3, -0.25) is 9.38 Å². The van der Waals surface area contributed by atoms with E-state index in [1.54, 1.807) is 29.8 Å². The van der Waals surface area contributed by atoms with Crippen molar-refractivity contribution in [1.29, 1.82) is 0 Å². The SMILES string of the molecule is Nc1ccc(-c2cn3c(-c4ccsc4)cnc3cn2)cn1. The first-order valence-corrected chi connectivity index (χ1v) is 7.33. The summed E-state index contributed by atoms with van der Waals surface area (Å²) in [4.78, 5) is 12.9. The lowest BCUT2D eigenvalue weighted by Crippen LogP contribution is -1.94. The van der Waals surface area contributed by atoms with Gasteiger partial charge in [-0.1, -0.05) is 0 Å². The van der Waals surface area contributed by atoms with E-state index in [4.69, 9.17) is 5.73 Å². The number of nitrogens with zero attached hydrogens (tertiary/aromatic N) is 4. The van der Waals surface area contributed by atoms with Gasteiger partial charge in [-0.05, 0) is 23.6 Å². The van der Waals surface area contributed by atoms with Crippen LogP contribution in [0.25, 0.3) is 28.2 Å². The number of thiophene rings is 1. The largest absolute Gasteiger partial charge is 0.384 e. The maximum atomic E-state index is 5.62. The number of nitrogens with two attached hydrogens (primary N) is 1. The van der Waals surface area contributed by atoms with Crippen LogP contribution in [-0.4, -0.2) is 19.4 Å². The molecule has 0 radical (unpaired) electrons. The number of nitrogen functional groups attached to an aromatic ring is 1. The maximum Gasteiger partial charge on any atom is 0.155 e. The molecule has 4 aromatic heterocycles. The lowest BCUT2D eigenvalue weighted by molar-refractivity contribution is 1.13. The Labute approximate surface area is 124 Å². The third-order valence-corrected chi connectivity index (χ3v) is 3.98. The van der Waals surface area contributed by atoms with Crippen LogP contribution in [0.2, 0.25) is 0 Å². The van der Waals surface area contributed by atoms with E-state index in [9.17, 15) is 0 Å². The molecule has 0 aromatic carbocycles. The highest BCUT2D eigenvalue weighted by atomic mass is 32.1. The van der Waals surface area contributed by atoms with E-state index in [2.05, 4.69) is 31.8 Å². The zero-order valence-corrected chi connectivity index (χ0v) is 11.8. The highest BCUT2D eigenvalue weighted by Crippen LogP contribution is 2.25. The van der Waals surface area contributed by atoms with Gasteiger partial charge in [0.15, 0.2) is 5.65 Å². The number of aromatic nitrogens is 4. The molecule has 0 unspecified atom stereocenters. The number of anilines is 1. The van der Waals surface area contributed by atoms with E-state index in [1.807, 2.05) is 22.9 Å². The maximum absolute atomic E-state index is 5.62. The molecule has 0 spiro atoms. The smallest absolute Gasteiger partial charge is 0.155 e.